The zero-order valence-corrected chi connectivity index (χ0v) is 14.6. The van der Waals surface area contributed by atoms with Crippen LogP contribution < -0.4 is 5.32 Å². The molecular weight excluding hydrogens is 365 g/mol. The molecule has 2 aromatic heterocycles. The van der Waals surface area contributed by atoms with Crippen LogP contribution in [-0.2, 0) is 11.3 Å². The molecule has 0 saturated heterocycles. The van der Waals surface area contributed by atoms with Crippen LogP contribution in [0.5, 0.6) is 0 Å². The third-order valence-corrected chi connectivity index (χ3v) is 3.95. The molecule has 0 atom stereocenters. The topological polar surface area (TPSA) is 77.2 Å². The van der Waals surface area contributed by atoms with Gasteiger partial charge in [-0.2, -0.15) is 0 Å². The second kappa shape index (κ2) is 7.55. The van der Waals surface area contributed by atoms with Gasteiger partial charge in [0.1, 0.15) is 16.6 Å². The van der Waals surface area contributed by atoms with E-state index >= 15 is 0 Å². The number of halogens is 2. The van der Waals surface area contributed by atoms with Crippen molar-refractivity contribution in [3.8, 4) is 11.4 Å². The first-order chi connectivity index (χ1) is 12.1. The van der Waals surface area contributed by atoms with Crippen molar-refractivity contribution in [2.75, 3.05) is 12.4 Å². The summed E-state index contributed by atoms with van der Waals surface area (Å²) in [7, 11) is 1.26. The van der Waals surface area contributed by atoms with E-state index in [0.29, 0.717) is 34.5 Å². The maximum atomic E-state index is 12.0. The van der Waals surface area contributed by atoms with Crippen LogP contribution in [0, 0.1) is 0 Å². The number of nitrogens with one attached hydrogen (secondary N) is 1. The number of benzene rings is 1. The van der Waals surface area contributed by atoms with Gasteiger partial charge in [-0.05, 0) is 36.4 Å². The number of rotatable bonds is 5. The van der Waals surface area contributed by atoms with Crippen molar-refractivity contribution in [3.05, 3.63) is 64.2 Å². The molecule has 0 radical (unpaired) electrons. The molecule has 0 aliphatic heterocycles. The number of ether oxygens (including phenoxy) is 1. The molecule has 25 heavy (non-hydrogen) atoms. The first kappa shape index (κ1) is 17.3. The number of nitrogens with zero attached hydrogens (tertiary/aromatic N) is 2. The van der Waals surface area contributed by atoms with Gasteiger partial charge in [0.15, 0.2) is 11.5 Å². The molecule has 3 aromatic rings. The molecule has 2 heterocycles. The van der Waals surface area contributed by atoms with Crippen LogP contribution in [0.2, 0.25) is 10.0 Å². The highest BCUT2D eigenvalue weighted by molar-refractivity contribution is 6.35. The van der Waals surface area contributed by atoms with Gasteiger partial charge in [0, 0.05) is 10.6 Å². The van der Waals surface area contributed by atoms with Gasteiger partial charge in [0.2, 0.25) is 0 Å². The van der Waals surface area contributed by atoms with Gasteiger partial charge in [-0.3, -0.25) is 0 Å². The first-order valence-electron chi connectivity index (χ1n) is 7.26. The molecule has 8 heteroatoms. The minimum atomic E-state index is -0.649. The predicted molar refractivity (Wildman–Crippen MR) is 94.9 cm³/mol. The van der Waals surface area contributed by atoms with Crippen LogP contribution in [-0.4, -0.2) is 23.0 Å². The molecule has 1 aromatic carbocycles. The molecule has 0 amide bonds. The summed E-state index contributed by atoms with van der Waals surface area (Å²) in [6.07, 6.45) is 1.57. The number of hydrogen-bond acceptors (Lipinski definition) is 6. The maximum Gasteiger partial charge on any atom is 0.358 e. The van der Waals surface area contributed by atoms with E-state index in [-0.39, 0.29) is 10.7 Å². The van der Waals surface area contributed by atoms with Gasteiger partial charge >= 0.3 is 5.97 Å². The highest BCUT2D eigenvalue weighted by atomic mass is 35.5. The maximum absolute atomic E-state index is 12.0. The van der Waals surface area contributed by atoms with Crippen LogP contribution in [0.25, 0.3) is 11.4 Å². The smallest absolute Gasteiger partial charge is 0.358 e. The average Bonchev–Trinajstić information content (AvgIpc) is 3.14. The van der Waals surface area contributed by atoms with Gasteiger partial charge in [0.05, 0.1) is 19.9 Å². The molecule has 0 unspecified atom stereocenters. The van der Waals surface area contributed by atoms with Crippen molar-refractivity contribution in [1.82, 2.24) is 9.97 Å². The summed E-state index contributed by atoms with van der Waals surface area (Å²) in [5.41, 5.74) is 0.665. The number of carbonyl (C=O) groups is 1. The minimum Gasteiger partial charge on any atom is -0.467 e. The summed E-state index contributed by atoms with van der Waals surface area (Å²) in [5.74, 6) is 0.674. The highest BCUT2D eigenvalue weighted by Crippen LogP contribution is 2.28. The summed E-state index contributed by atoms with van der Waals surface area (Å²) >= 11 is 12.2. The molecule has 6 nitrogen and oxygen atoms in total. The fraction of sp³-hybridized carbons (Fsp3) is 0.118. The third-order valence-electron chi connectivity index (χ3n) is 3.34. The Labute approximate surface area is 153 Å². The van der Waals surface area contributed by atoms with Crippen LogP contribution in [0.3, 0.4) is 0 Å². The number of hydrogen-bond donors (Lipinski definition) is 1. The van der Waals surface area contributed by atoms with E-state index < -0.39 is 5.97 Å². The summed E-state index contributed by atoms with van der Waals surface area (Å²) < 4.78 is 10.0. The average molecular weight is 378 g/mol. The van der Waals surface area contributed by atoms with Gasteiger partial charge in [0.25, 0.3) is 0 Å². The monoisotopic (exact) mass is 377 g/mol. The van der Waals surface area contributed by atoms with E-state index in [0.717, 1.165) is 0 Å². The number of esters is 1. The van der Waals surface area contributed by atoms with E-state index in [1.165, 1.54) is 7.11 Å². The molecule has 1 N–H and O–H groups in total. The van der Waals surface area contributed by atoms with Gasteiger partial charge in [-0.25, -0.2) is 14.8 Å². The van der Waals surface area contributed by atoms with E-state index in [4.69, 9.17) is 32.4 Å². The predicted octanol–water partition coefficient (Wildman–Crippen LogP) is 4.44. The van der Waals surface area contributed by atoms with E-state index in [2.05, 4.69) is 15.3 Å². The Morgan fingerprint density at radius 1 is 1.20 bits per heavy atom. The molecule has 128 valence electrons. The zero-order valence-electron chi connectivity index (χ0n) is 13.1. The van der Waals surface area contributed by atoms with Crippen LogP contribution in [0.15, 0.2) is 47.1 Å². The van der Waals surface area contributed by atoms with E-state index in [1.54, 1.807) is 36.6 Å². The number of carbonyl (C=O) groups excluding carboxylic acids is 1. The standard InChI is InChI=1S/C17H13Cl2N3O3/c1-24-17(23)14-13(19)16(20-9-12-3-2-8-25-12)22-15(21-14)10-4-6-11(18)7-5-10/h2-8H,9H2,1H3,(H,20,21,22). The van der Waals surface area contributed by atoms with Crippen molar-refractivity contribution >= 4 is 35.0 Å². The largest absolute Gasteiger partial charge is 0.467 e. The lowest BCUT2D eigenvalue weighted by Crippen LogP contribution is -2.11. The second-order valence-corrected chi connectivity index (χ2v) is 5.80. The third kappa shape index (κ3) is 3.92. The Hall–Kier alpha value is -2.57. The summed E-state index contributed by atoms with van der Waals surface area (Å²) in [6.45, 7) is 0.352. The highest BCUT2D eigenvalue weighted by Gasteiger charge is 2.20. The lowest BCUT2D eigenvalue weighted by Gasteiger charge is -2.11. The lowest BCUT2D eigenvalue weighted by atomic mass is 10.2. The van der Waals surface area contributed by atoms with E-state index in [9.17, 15) is 4.79 Å². The molecule has 0 fully saturated rings. The molecule has 3 rings (SSSR count). The van der Waals surface area contributed by atoms with Gasteiger partial charge in [-0.15, -0.1) is 0 Å². The van der Waals surface area contributed by atoms with E-state index in [1.807, 2.05) is 6.07 Å². The Balaban J connectivity index is 2.01. The number of aromatic nitrogens is 2. The fourth-order valence-electron chi connectivity index (χ4n) is 2.11. The molecule has 0 spiro atoms. The van der Waals surface area contributed by atoms with Gasteiger partial charge in [-0.1, -0.05) is 23.2 Å². The number of furan rings is 1. The molecule has 0 bridgehead atoms. The molecule has 0 aliphatic carbocycles. The van der Waals surface area contributed by atoms with Gasteiger partial charge < -0.3 is 14.5 Å². The number of methoxy groups -OCH3 is 1. The zero-order chi connectivity index (χ0) is 17.8. The fourth-order valence-corrected chi connectivity index (χ4v) is 2.46. The van der Waals surface area contributed by atoms with Crippen LogP contribution in [0.4, 0.5) is 5.82 Å². The molecular formula is C17H13Cl2N3O3. The summed E-state index contributed by atoms with van der Waals surface area (Å²) in [5, 5.41) is 3.71. The van der Waals surface area contributed by atoms with Crippen molar-refractivity contribution in [2.24, 2.45) is 0 Å². The summed E-state index contributed by atoms with van der Waals surface area (Å²) in [4.78, 5) is 20.6. The Bertz CT molecular complexity index is 881. The summed E-state index contributed by atoms with van der Waals surface area (Å²) in [6, 6.07) is 10.5. The molecule has 0 aliphatic rings. The second-order valence-electron chi connectivity index (χ2n) is 4.99. The van der Waals surface area contributed by atoms with Crippen LogP contribution >= 0.6 is 23.2 Å². The number of anilines is 1. The Kier molecular flexibility index (Phi) is 5.21. The molecule has 0 saturated carbocycles. The van der Waals surface area contributed by atoms with Crippen LogP contribution in [0.1, 0.15) is 16.2 Å². The first-order valence-corrected chi connectivity index (χ1v) is 8.02. The Morgan fingerprint density at radius 2 is 1.96 bits per heavy atom. The van der Waals surface area contributed by atoms with Crippen molar-refractivity contribution in [1.29, 1.82) is 0 Å². The normalized spacial score (nSPS) is 10.5. The Morgan fingerprint density at radius 3 is 2.60 bits per heavy atom. The van der Waals surface area contributed by atoms with Crippen molar-refractivity contribution < 1.29 is 13.9 Å². The SMILES string of the molecule is COC(=O)c1nc(-c2ccc(Cl)cc2)nc(NCc2ccco2)c1Cl. The van der Waals surface area contributed by atoms with Crippen molar-refractivity contribution in [2.45, 2.75) is 6.54 Å². The van der Waals surface area contributed by atoms with Crippen molar-refractivity contribution in [3.63, 3.8) is 0 Å². The minimum absolute atomic E-state index is 0.0222. The lowest BCUT2D eigenvalue weighted by molar-refractivity contribution is 0.0594. The quantitative estimate of drug-likeness (QED) is 0.662.